The number of nitrogens with two attached hydrogens (primary N) is 2. The van der Waals surface area contributed by atoms with E-state index in [0.717, 1.165) is 68.2 Å². The lowest BCUT2D eigenvalue weighted by Crippen LogP contribution is -2.49. The largest absolute Gasteiger partial charge is 0.370 e. The topological polar surface area (TPSA) is 196 Å². The highest BCUT2D eigenvalue weighted by Crippen LogP contribution is 2.18. The summed E-state index contributed by atoms with van der Waals surface area (Å²) in [5, 5.41) is 15.9. The smallest absolute Gasteiger partial charge is 0.243 e. The van der Waals surface area contributed by atoms with E-state index in [0.29, 0.717) is 39.0 Å². The van der Waals surface area contributed by atoms with E-state index in [4.69, 9.17) is 11.5 Å². The Morgan fingerprint density at radius 2 is 1.44 bits per heavy atom. The number of amides is 4. The van der Waals surface area contributed by atoms with Crippen molar-refractivity contribution in [1.29, 1.82) is 0 Å². The summed E-state index contributed by atoms with van der Waals surface area (Å²) in [7, 11) is 0. The molecule has 2 rings (SSSR count). The Labute approximate surface area is 242 Å². The van der Waals surface area contributed by atoms with Crippen molar-refractivity contribution in [3.63, 3.8) is 0 Å². The van der Waals surface area contributed by atoms with Crippen molar-refractivity contribution >= 4 is 34.5 Å². The van der Waals surface area contributed by atoms with E-state index >= 15 is 0 Å². The van der Waals surface area contributed by atoms with Gasteiger partial charge in [0.05, 0.1) is 12.8 Å². The van der Waals surface area contributed by atoms with Gasteiger partial charge < -0.3 is 43.0 Å². The molecule has 10 N–H and O–H groups in total. The van der Waals surface area contributed by atoms with E-state index in [1.165, 1.54) is 0 Å². The molecular weight excluding hydrogens is 524 g/mol. The fraction of sp³-hybridized carbons (Fsp3) is 0.586. The van der Waals surface area contributed by atoms with Gasteiger partial charge in [-0.1, -0.05) is 18.2 Å². The number of unbranched alkanes of at least 4 members (excludes halogenated alkanes) is 3. The predicted octanol–water partition coefficient (Wildman–Crippen LogP) is 0.172. The van der Waals surface area contributed by atoms with Gasteiger partial charge in [0, 0.05) is 43.2 Å². The second kappa shape index (κ2) is 20.4. The van der Waals surface area contributed by atoms with Gasteiger partial charge in [0.1, 0.15) is 6.04 Å². The second-order valence-electron chi connectivity index (χ2n) is 10.1. The first-order valence-electron chi connectivity index (χ1n) is 14.7. The lowest BCUT2D eigenvalue weighted by Gasteiger charge is -2.17. The van der Waals surface area contributed by atoms with Gasteiger partial charge in [0.25, 0.3) is 0 Å². The number of rotatable bonds is 23. The van der Waals surface area contributed by atoms with Crippen LogP contribution in [0.2, 0.25) is 0 Å². The number of para-hydroxylation sites is 1. The molecule has 0 radical (unpaired) electrons. The number of aromatic nitrogens is 1. The molecule has 1 aromatic heterocycles. The molecule has 0 bridgehead atoms. The molecule has 1 aromatic carbocycles. The van der Waals surface area contributed by atoms with E-state index < -0.39 is 17.9 Å². The number of carbonyl (C=O) groups excluding carboxylic acids is 4. The van der Waals surface area contributed by atoms with Gasteiger partial charge in [-0.25, -0.2) is 0 Å². The minimum Gasteiger partial charge on any atom is -0.370 e. The van der Waals surface area contributed by atoms with Gasteiger partial charge >= 0.3 is 0 Å². The molecular formula is C29H48N8O4. The third-order valence-corrected chi connectivity index (χ3v) is 6.60. The number of hydrogen-bond donors (Lipinski definition) is 8. The third-order valence-electron chi connectivity index (χ3n) is 6.60. The van der Waals surface area contributed by atoms with Crippen LogP contribution in [0.25, 0.3) is 10.9 Å². The number of hydrogen-bond acceptors (Lipinski definition) is 7. The first-order chi connectivity index (χ1) is 19.9. The number of carbonyl (C=O) groups is 4. The van der Waals surface area contributed by atoms with Gasteiger partial charge in [-0.3, -0.25) is 19.2 Å². The van der Waals surface area contributed by atoms with E-state index in [-0.39, 0.29) is 24.7 Å². The first kappa shape index (κ1) is 33.7. The normalized spacial score (nSPS) is 11.7. The van der Waals surface area contributed by atoms with Gasteiger partial charge in [-0.2, -0.15) is 0 Å². The molecule has 12 heteroatoms. The van der Waals surface area contributed by atoms with Crippen LogP contribution in [-0.2, 0) is 25.6 Å². The highest BCUT2D eigenvalue weighted by molar-refractivity contribution is 5.94. The lowest BCUT2D eigenvalue weighted by molar-refractivity contribution is -0.131. The fourth-order valence-electron chi connectivity index (χ4n) is 4.36. The average Bonchev–Trinajstić information content (AvgIpc) is 3.35. The van der Waals surface area contributed by atoms with Crippen molar-refractivity contribution in [3.8, 4) is 0 Å². The zero-order valence-corrected chi connectivity index (χ0v) is 24.1. The first-order valence-corrected chi connectivity index (χ1v) is 14.7. The predicted molar refractivity (Wildman–Crippen MR) is 161 cm³/mol. The quantitative estimate of drug-likeness (QED) is 0.0869. The zero-order valence-electron chi connectivity index (χ0n) is 24.1. The third kappa shape index (κ3) is 14.6. The second-order valence-corrected chi connectivity index (χ2v) is 10.1. The van der Waals surface area contributed by atoms with Crippen molar-refractivity contribution < 1.29 is 19.2 Å². The van der Waals surface area contributed by atoms with E-state index in [1.54, 1.807) is 6.20 Å². The standard InChI is InChI=1S/C29H48N8O4/c30-12-8-15-32-13-6-7-14-33-18-11-27(39)34-16-4-1-5-17-35-29(41)25(20-26(31)38)37-28(40)19-22-21-36-24-10-3-2-9-23(22)24/h2-3,9-10,21,25,32-33,36H,1,4-8,11-20,30H2,(H2,31,38)(H,34,39)(H,35,41)(H,37,40). The SMILES string of the molecule is NCCCNCCCCNCCC(=O)NCCCCCNC(=O)C(CC(N)=O)NC(=O)Cc1c[nH]c2ccccc12. The van der Waals surface area contributed by atoms with Gasteiger partial charge in [-0.05, 0) is 76.3 Å². The molecule has 228 valence electrons. The van der Waals surface area contributed by atoms with Crippen molar-refractivity contribution in [2.24, 2.45) is 11.5 Å². The molecule has 0 aliphatic rings. The highest BCUT2D eigenvalue weighted by Gasteiger charge is 2.23. The van der Waals surface area contributed by atoms with E-state index in [2.05, 4.69) is 31.6 Å². The van der Waals surface area contributed by atoms with Crippen LogP contribution < -0.4 is 38.1 Å². The number of benzene rings is 1. The summed E-state index contributed by atoms with van der Waals surface area (Å²) in [6.45, 7) is 5.19. The Morgan fingerprint density at radius 1 is 0.780 bits per heavy atom. The molecule has 1 atom stereocenters. The molecule has 0 aliphatic heterocycles. The molecule has 0 spiro atoms. The number of nitrogens with one attached hydrogen (secondary N) is 6. The summed E-state index contributed by atoms with van der Waals surface area (Å²) in [6, 6.07) is 6.60. The van der Waals surface area contributed by atoms with Crippen molar-refractivity contribution in [2.75, 3.05) is 45.8 Å². The summed E-state index contributed by atoms with van der Waals surface area (Å²) < 4.78 is 0. The Balaban J connectivity index is 1.53. The summed E-state index contributed by atoms with van der Waals surface area (Å²) in [5.74, 6) is -1.46. The molecule has 0 saturated carbocycles. The molecule has 0 aliphatic carbocycles. The van der Waals surface area contributed by atoms with Crippen LogP contribution in [0, 0.1) is 0 Å². The summed E-state index contributed by atoms with van der Waals surface area (Å²) >= 11 is 0. The Kier molecular flexibility index (Phi) is 16.8. The van der Waals surface area contributed by atoms with Gasteiger partial charge in [-0.15, -0.1) is 0 Å². The molecule has 0 fully saturated rings. The van der Waals surface area contributed by atoms with Crippen LogP contribution in [0.3, 0.4) is 0 Å². The average molecular weight is 573 g/mol. The highest BCUT2D eigenvalue weighted by atomic mass is 16.2. The van der Waals surface area contributed by atoms with Gasteiger partial charge in [0.15, 0.2) is 0 Å². The lowest BCUT2D eigenvalue weighted by atomic mass is 10.1. The Bertz CT molecular complexity index is 1070. The van der Waals surface area contributed by atoms with Crippen LogP contribution in [0.15, 0.2) is 30.5 Å². The number of H-pyrrole nitrogens is 1. The Hall–Kier alpha value is -3.48. The molecule has 41 heavy (non-hydrogen) atoms. The number of aromatic amines is 1. The Morgan fingerprint density at radius 3 is 2.17 bits per heavy atom. The number of fused-ring (bicyclic) bond motifs is 1. The molecule has 4 amide bonds. The molecule has 12 nitrogen and oxygen atoms in total. The molecule has 1 unspecified atom stereocenters. The summed E-state index contributed by atoms with van der Waals surface area (Å²) in [5.41, 5.74) is 12.5. The van der Waals surface area contributed by atoms with Crippen LogP contribution in [0.5, 0.6) is 0 Å². The van der Waals surface area contributed by atoms with E-state index in [1.807, 2.05) is 24.3 Å². The number of primary amides is 1. The minimum atomic E-state index is -1.03. The maximum atomic E-state index is 12.6. The minimum absolute atomic E-state index is 0.0203. The van der Waals surface area contributed by atoms with Crippen LogP contribution in [-0.4, -0.2) is 80.5 Å². The summed E-state index contributed by atoms with van der Waals surface area (Å²) in [4.78, 5) is 51.8. The van der Waals surface area contributed by atoms with Crippen molar-refractivity contribution in [2.45, 2.75) is 63.8 Å². The molecule has 1 heterocycles. The zero-order chi connectivity index (χ0) is 29.7. The molecule has 0 saturated heterocycles. The van der Waals surface area contributed by atoms with Gasteiger partial charge in [0.2, 0.25) is 23.6 Å². The van der Waals surface area contributed by atoms with Crippen LogP contribution >= 0.6 is 0 Å². The van der Waals surface area contributed by atoms with E-state index in [9.17, 15) is 19.2 Å². The van der Waals surface area contributed by atoms with Crippen LogP contribution in [0.4, 0.5) is 0 Å². The molecule has 2 aromatic rings. The maximum absolute atomic E-state index is 12.6. The monoisotopic (exact) mass is 572 g/mol. The maximum Gasteiger partial charge on any atom is 0.243 e. The van der Waals surface area contributed by atoms with Crippen molar-refractivity contribution in [3.05, 3.63) is 36.0 Å². The fourth-order valence-corrected chi connectivity index (χ4v) is 4.36. The van der Waals surface area contributed by atoms with Crippen LogP contribution in [0.1, 0.15) is 56.9 Å². The van der Waals surface area contributed by atoms with Crippen molar-refractivity contribution in [1.82, 2.24) is 31.6 Å². The summed E-state index contributed by atoms with van der Waals surface area (Å²) in [6.07, 6.45) is 7.46.